The fourth-order valence-electron chi connectivity index (χ4n) is 2.22. The van der Waals surface area contributed by atoms with Gasteiger partial charge >= 0.3 is 5.97 Å². The number of anilines is 1. The van der Waals surface area contributed by atoms with Crippen LogP contribution in [0.15, 0.2) is 36.4 Å². The molecule has 0 aliphatic carbocycles. The molecule has 0 bridgehead atoms. The third-order valence-corrected chi connectivity index (χ3v) is 4.09. The van der Waals surface area contributed by atoms with Crippen molar-refractivity contribution in [3.8, 4) is 0 Å². The van der Waals surface area contributed by atoms with Gasteiger partial charge in [0.2, 0.25) is 0 Å². The van der Waals surface area contributed by atoms with Crippen molar-refractivity contribution in [1.29, 1.82) is 0 Å². The number of aliphatic hydroxyl groups is 1. The average molecular weight is 385 g/mol. The van der Waals surface area contributed by atoms with Crippen LogP contribution in [0.2, 0.25) is 10.0 Å². The molecule has 2 N–H and O–H groups in total. The second-order valence-electron chi connectivity index (χ2n) is 5.01. The molecular formula is C16H14Cl2N2O5. The van der Waals surface area contributed by atoms with Crippen molar-refractivity contribution in [2.75, 3.05) is 19.0 Å². The molecule has 0 spiro atoms. The summed E-state index contributed by atoms with van der Waals surface area (Å²) >= 11 is 12.1. The van der Waals surface area contributed by atoms with E-state index in [4.69, 9.17) is 23.2 Å². The Morgan fingerprint density at radius 3 is 2.52 bits per heavy atom. The van der Waals surface area contributed by atoms with Crippen LogP contribution in [-0.2, 0) is 4.74 Å². The van der Waals surface area contributed by atoms with Crippen LogP contribution >= 0.6 is 23.2 Å². The summed E-state index contributed by atoms with van der Waals surface area (Å²) in [6.07, 6.45) is -1.02. The number of esters is 1. The highest BCUT2D eigenvalue weighted by atomic mass is 35.5. The minimum absolute atomic E-state index is 0.0296. The van der Waals surface area contributed by atoms with Gasteiger partial charge in [-0.3, -0.25) is 10.1 Å². The predicted molar refractivity (Wildman–Crippen MR) is 94.3 cm³/mol. The largest absolute Gasteiger partial charge is 0.465 e. The van der Waals surface area contributed by atoms with Crippen molar-refractivity contribution in [2.24, 2.45) is 0 Å². The van der Waals surface area contributed by atoms with Gasteiger partial charge < -0.3 is 15.2 Å². The van der Waals surface area contributed by atoms with Crippen molar-refractivity contribution >= 4 is 40.5 Å². The van der Waals surface area contributed by atoms with Crippen LogP contribution in [0.5, 0.6) is 0 Å². The number of nitro groups is 1. The summed E-state index contributed by atoms with van der Waals surface area (Å²) in [5.41, 5.74) is 0.205. The van der Waals surface area contributed by atoms with E-state index in [1.165, 1.54) is 18.2 Å². The normalized spacial score (nSPS) is 11.7. The van der Waals surface area contributed by atoms with Crippen LogP contribution < -0.4 is 5.32 Å². The lowest BCUT2D eigenvalue weighted by Gasteiger charge is -2.16. The Labute approximate surface area is 153 Å². The van der Waals surface area contributed by atoms with Gasteiger partial charge in [-0.2, -0.15) is 0 Å². The van der Waals surface area contributed by atoms with E-state index in [0.29, 0.717) is 21.3 Å². The fourth-order valence-corrected chi connectivity index (χ4v) is 2.87. The fraction of sp³-hybridized carbons (Fsp3) is 0.188. The van der Waals surface area contributed by atoms with Gasteiger partial charge in [-0.25, -0.2) is 4.79 Å². The van der Waals surface area contributed by atoms with E-state index in [1.807, 2.05) is 0 Å². The molecule has 0 amide bonds. The predicted octanol–water partition coefficient (Wildman–Crippen LogP) is 3.83. The third-order valence-electron chi connectivity index (χ3n) is 3.43. The highest BCUT2D eigenvalue weighted by Crippen LogP contribution is 2.31. The molecule has 2 rings (SSSR count). The van der Waals surface area contributed by atoms with Gasteiger partial charge in [-0.15, -0.1) is 0 Å². The summed E-state index contributed by atoms with van der Waals surface area (Å²) in [7, 11) is 1.13. The Bertz CT molecular complexity index is 793. The van der Waals surface area contributed by atoms with Crippen molar-refractivity contribution < 1.29 is 19.6 Å². The van der Waals surface area contributed by atoms with Gasteiger partial charge in [0.15, 0.2) is 0 Å². The molecule has 2 aromatic carbocycles. The average Bonchev–Trinajstić information content (AvgIpc) is 2.58. The number of nitrogens with zero attached hydrogens (tertiary/aromatic N) is 1. The van der Waals surface area contributed by atoms with E-state index in [-0.39, 0.29) is 17.8 Å². The molecule has 0 aliphatic rings. The van der Waals surface area contributed by atoms with Crippen LogP contribution in [0.3, 0.4) is 0 Å². The summed E-state index contributed by atoms with van der Waals surface area (Å²) in [6, 6.07) is 8.76. The molecule has 0 saturated heterocycles. The first-order valence-corrected chi connectivity index (χ1v) is 7.83. The Morgan fingerprint density at radius 2 is 1.96 bits per heavy atom. The Morgan fingerprint density at radius 1 is 1.32 bits per heavy atom. The van der Waals surface area contributed by atoms with E-state index in [0.717, 1.165) is 7.11 Å². The quantitative estimate of drug-likeness (QED) is 0.445. The van der Waals surface area contributed by atoms with E-state index in [9.17, 15) is 20.0 Å². The molecule has 0 aliphatic heterocycles. The van der Waals surface area contributed by atoms with Gasteiger partial charge in [-0.1, -0.05) is 29.3 Å². The number of ether oxygens (including phenoxy) is 1. The first-order valence-electron chi connectivity index (χ1n) is 7.07. The molecule has 9 heteroatoms. The molecule has 0 fully saturated rings. The zero-order valence-electron chi connectivity index (χ0n) is 13.0. The number of carbonyl (C=O) groups is 1. The molecule has 1 unspecified atom stereocenters. The smallest absolute Gasteiger partial charge is 0.344 e. The molecule has 25 heavy (non-hydrogen) atoms. The summed E-state index contributed by atoms with van der Waals surface area (Å²) in [5.74, 6) is -0.829. The van der Waals surface area contributed by atoms with Gasteiger partial charge in [0, 0.05) is 33.9 Å². The maximum Gasteiger partial charge on any atom is 0.344 e. The van der Waals surface area contributed by atoms with Crippen LogP contribution in [0.25, 0.3) is 0 Å². The van der Waals surface area contributed by atoms with E-state index < -0.39 is 17.0 Å². The van der Waals surface area contributed by atoms with Crippen molar-refractivity contribution in [3.63, 3.8) is 0 Å². The molecule has 0 radical (unpaired) electrons. The van der Waals surface area contributed by atoms with Gasteiger partial charge in [-0.05, 0) is 24.3 Å². The minimum atomic E-state index is -1.02. The van der Waals surface area contributed by atoms with Crippen LogP contribution in [0, 0.1) is 10.1 Å². The Hall–Kier alpha value is -2.35. The van der Waals surface area contributed by atoms with Crippen LogP contribution in [0.1, 0.15) is 22.0 Å². The van der Waals surface area contributed by atoms with Gasteiger partial charge in [0.05, 0.1) is 18.1 Å². The first kappa shape index (κ1) is 19.0. The SMILES string of the molecule is COC(=O)c1cc(NCC(O)c2c(Cl)cccc2Cl)ccc1[N+](=O)[O-]. The van der Waals surface area contributed by atoms with E-state index in [2.05, 4.69) is 10.1 Å². The van der Waals surface area contributed by atoms with E-state index in [1.54, 1.807) is 18.2 Å². The lowest BCUT2D eigenvalue weighted by Crippen LogP contribution is -2.14. The maximum absolute atomic E-state index is 11.7. The molecule has 2 aromatic rings. The number of methoxy groups -OCH3 is 1. The topological polar surface area (TPSA) is 102 Å². The summed E-state index contributed by atoms with van der Waals surface area (Å²) in [4.78, 5) is 22.0. The summed E-state index contributed by atoms with van der Waals surface area (Å²) in [5, 5.41) is 24.8. The number of carbonyl (C=O) groups excluding carboxylic acids is 1. The van der Waals surface area contributed by atoms with Gasteiger partial charge in [0.1, 0.15) is 5.56 Å². The third kappa shape index (κ3) is 4.39. The molecule has 132 valence electrons. The second kappa shape index (κ2) is 8.15. The minimum Gasteiger partial charge on any atom is -0.465 e. The zero-order chi connectivity index (χ0) is 18.6. The lowest BCUT2D eigenvalue weighted by molar-refractivity contribution is -0.385. The maximum atomic E-state index is 11.7. The molecule has 0 saturated carbocycles. The van der Waals surface area contributed by atoms with Gasteiger partial charge in [0.25, 0.3) is 5.69 Å². The number of rotatable bonds is 6. The van der Waals surface area contributed by atoms with Crippen molar-refractivity contribution in [2.45, 2.75) is 6.10 Å². The number of halogens is 2. The number of hydrogen-bond donors (Lipinski definition) is 2. The molecule has 1 atom stereocenters. The zero-order valence-corrected chi connectivity index (χ0v) is 14.5. The Kier molecular flexibility index (Phi) is 6.19. The second-order valence-corrected chi connectivity index (χ2v) is 5.83. The standard InChI is InChI=1S/C16H14Cl2N2O5/c1-25-16(22)10-7-9(5-6-13(10)20(23)24)19-8-14(21)15-11(17)3-2-4-12(15)18/h2-7,14,19,21H,8H2,1H3. The van der Waals surface area contributed by atoms with Crippen LogP contribution in [-0.4, -0.2) is 29.7 Å². The number of nitro benzene ring substituents is 1. The van der Waals surface area contributed by atoms with Crippen molar-refractivity contribution in [3.05, 3.63) is 67.7 Å². The lowest BCUT2D eigenvalue weighted by atomic mass is 10.1. The molecular weight excluding hydrogens is 371 g/mol. The monoisotopic (exact) mass is 384 g/mol. The Balaban J connectivity index is 2.21. The van der Waals surface area contributed by atoms with Crippen LogP contribution in [0.4, 0.5) is 11.4 Å². The number of nitrogens with one attached hydrogen (secondary N) is 1. The molecule has 0 aromatic heterocycles. The van der Waals surface area contributed by atoms with E-state index >= 15 is 0 Å². The highest BCUT2D eigenvalue weighted by Gasteiger charge is 2.22. The van der Waals surface area contributed by atoms with Crippen molar-refractivity contribution in [1.82, 2.24) is 0 Å². The summed E-state index contributed by atoms with van der Waals surface area (Å²) in [6.45, 7) is 0.0296. The summed E-state index contributed by atoms with van der Waals surface area (Å²) < 4.78 is 4.55. The number of hydrogen-bond acceptors (Lipinski definition) is 6. The molecule has 0 heterocycles. The first-order chi connectivity index (χ1) is 11.8. The number of benzene rings is 2. The number of aliphatic hydroxyl groups excluding tert-OH is 1. The highest BCUT2D eigenvalue weighted by molar-refractivity contribution is 6.36. The molecule has 7 nitrogen and oxygen atoms in total.